The molecule has 5 heteroatoms. The second-order valence-electron chi connectivity index (χ2n) is 4.44. The van der Waals surface area contributed by atoms with Crippen molar-refractivity contribution in [1.82, 2.24) is 0 Å². The highest BCUT2D eigenvalue weighted by atomic mass is 32.2. The first-order valence-corrected chi connectivity index (χ1v) is 7.04. The molecule has 0 amide bonds. The van der Waals surface area contributed by atoms with Crippen molar-refractivity contribution in [2.45, 2.75) is 50.9 Å². The monoisotopic (exact) mass is 236 g/mol. The van der Waals surface area contributed by atoms with Crippen molar-refractivity contribution in [3.05, 3.63) is 0 Å². The molecule has 0 aromatic carbocycles. The number of aliphatic hydroxyl groups is 1. The van der Waals surface area contributed by atoms with Gasteiger partial charge in [-0.15, -0.1) is 0 Å². The minimum absolute atomic E-state index is 0.00405. The summed E-state index contributed by atoms with van der Waals surface area (Å²) in [7, 11) is -3.95. The first-order valence-electron chi connectivity index (χ1n) is 5.54. The highest BCUT2D eigenvalue weighted by Gasteiger charge is 2.39. The molecule has 1 rings (SSSR count). The molecule has 0 saturated heterocycles. The van der Waals surface area contributed by atoms with Crippen molar-refractivity contribution in [2.75, 3.05) is 0 Å². The van der Waals surface area contributed by atoms with E-state index in [2.05, 4.69) is 0 Å². The van der Waals surface area contributed by atoms with Gasteiger partial charge in [0.1, 0.15) is 0 Å². The van der Waals surface area contributed by atoms with Gasteiger partial charge >= 0.3 is 0 Å². The van der Waals surface area contributed by atoms with E-state index in [1.807, 2.05) is 13.8 Å². The third-order valence-electron chi connectivity index (χ3n) is 3.57. The maximum absolute atomic E-state index is 11.1. The fourth-order valence-corrected chi connectivity index (χ4v) is 3.48. The Morgan fingerprint density at radius 1 is 1.13 bits per heavy atom. The van der Waals surface area contributed by atoms with Crippen LogP contribution >= 0.6 is 0 Å². The molecule has 0 aliphatic heterocycles. The summed E-state index contributed by atoms with van der Waals surface area (Å²) in [4.78, 5) is 0. The van der Waals surface area contributed by atoms with Crippen molar-refractivity contribution in [1.29, 1.82) is 0 Å². The van der Waals surface area contributed by atoms with Gasteiger partial charge in [-0.3, -0.25) is 4.55 Å². The van der Waals surface area contributed by atoms with E-state index in [-0.39, 0.29) is 11.8 Å². The van der Waals surface area contributed by atoms with Crippen LogP contribution in [0.1, 0.15) is 39.5 Å². The van der Waals surface area contributed by atoms with Gasteiger partial charge in [0.15, 0.2) is 0 Å². The molecular formula is C10H20O4S. The number of rotatable bonds is 3. The van der Waals surface area contributed by atoms with Crippen molar-refractivity contribution in [3.63, 3.8) is 0 Å². The van der Waals surface area contributed by atoms with E-state index in [0.717, 1.165) is 12.8 Å². The second-order valence-corrected chi connectivity index (χ2v) is 6.13. The largest absolute Gasteiger partial charge is 0.393 e. The molecule has 1 aliphatic carbocycles. The Morgan fingerprint density at radius 3 is 1.80 bits per heavy atom. The molecule has 4 nitrogen and oxygen atoms in total. The van der Waals surface area contributed by atoms with Crippen molar-refractivity contribution < 1.29 is 18.1 Å². The molecule has 2 N–H and O–H groups in total. The van der Waals surface area contributed by atoms with Gasteiger partial charge in [-0.25, -0.2) is 0 Å². The lowest BCUT2D eigenvalue weighted by atomic mass is 9.76. The second kappa shape index (κ2) is 4.80. The van der Waals surface area contributed by atoms with Crippen molar-refractivity contribution in [2.24, 2.45) is 11.8 Å². The summed E-state index contributed by atoms with van der Waals surface area (Å²) in [6.45, 7) is 3.87. The van der Waals surface area contributed by atoms with Gasteiger partial charge in [0.05, 0.1) is 11.4 Å². The summed E-state index contributed by atoms with van der Waals surface area (Å²) in [5.41, 5.74) is 0. The van der Waals surface area contributed by atoms with Crippen LogP contribution in [0.25, 0.3) is 0 Å². The maximum Gasteiger partial charge on any atom is 0.267 e. The molecule has 0 aromatic heterocycles. The van der Waals surface area contributed by atoms with Crippen LogP contribution in [-0.4, -0.2) is 29.4 Å². The van der Waals surface area contributed by atoms with E-state index in [4.69, 9.17) is 4.55 Å². The maximum atomic E-state index is 11.1. The Labute approximate surface area is 91.4 Å². The molecular weight excluding hydrogens is 216 g/mol. The van der Waals surface area contributed by atoms with E-state index in [1.54, 1.807) is 0 Å². The highest BCUT2D eigenvalue weighted by Crippen LogP contribution is 2.36. The first kappa shape index (κ1) is 12.9. The van der Waals surface area contributed by atoms with Gasteiger partial charge < -0.3 is 5.11 Å². The predicted molar refractivity (Wildman–Crippen MR) is 58.1 cm³/mol. The molecule has 0 bridgehead atoms. The molecule has 1 saturated carbocycles. The number of aliphatic hydroxyl groups excluding tert-OH is 1. The van der Waals surface area contributed by atoms with Crippen LogP contribution in [0.2, 0.25) is 0 Å². The number of hydrogen-bond acceptors (Lipinski definition) is 3. The molecule has 2 atom stereocenters. The molecule has 15 heavy (non-hydrogen) atoms. The van der Waals surface area contributed by atoms with Gasteiger partial charge in [-0.2, -0.15) is 8.42 Å². The quantitative estimate of drug-likeness (QED) is 0.727. The van der Waals surface area contributed by atoms with Gasteiger partial charge in [0.2, 0.25) is 0 Å². The van der Waals surface area contributed by atoms with Crippen LogP contribution < -0.4 is 0 Å². The standard InChI is InChI=1S/C10H20O4S/c1-3-7-5-9(15(12,13)14)6-8(4-2)10(7)11/h7-11H,3-6H2,1-2H3,(H,12,13,14). The lowest BCUT2D eigenvalue weighted by Crippen LogP contribution is -2.41. The van der Waals surface area contributed by atoms with E-state index in [1.165, 1.54) is 0 Å². The highest BCUT2D eigenvalue weighted by molar-refractivity contribution is 7.86. The lowest BCUT2D eigenvalue weighted by molar-refractivity contribution is 0.0150. The normalized spacial score (nSPS) is 37.9. The Balaban J connectivity index is 2.82. The van der Waals surface area contributed by atoms with Gasteiger partial charge in [-0.1, -0.05) is 26.7 Å². The van der Waals surface area contributed by atoms with Crippen LogP contribution in [-0.2, 0) is 10.1 Å². The number of hydrogen-bond donors (Lipinski definition) is 2. The van der Waals surface area contributed by atoms with E-state index in [9.17, 15) is 13.5 Å². The third kappa shape index (κ3) is 2.92. The Morgan fingerprint density at radius 2 is 1.53 bits per heavy atom. The average Bonchev–Trinajstić information content (AvgIpc) is 2.16. The summed E-state index contributed by atoms with van der Waals surface area (Å²) in [6, 6.07) is 0. The molecule has 90 valence electrons. The average molecular weight is 236 g/mol. The molecule has 0 aromatic rings. The molecule has 0 radical (unpaired) electrons. The van der Waals surface area contributed by atoms with Gasteiger partial charge in [0, 0.05) is 0 Å². The van der Waals surface area contributed by atoms with Crippen LogP contribution in [0.3, 0.4) is 0 Å². The van der Waals surface area contributed by atoms with Crippen molar-refractivity contribution >= 4 is 10.1 Å². The van der Waals surface area contributed by atoms with Gasteiger partial charge in [-0.05, 0) is 24.7 Å². The summed E-state index contributed by atoms with van der Waals surface area (Å²) >= 11 is 0. The van der Waals surface area contributed by atoms with E-state index < -0.39 is 21.5 Å². The zero-order valence-corrected chi connectivity index (χ0v) is 10.1. The van der Waals surface area contributed by atoms with Gasteiger partial charge in [0.25, 0.3) is 10.1 Å². The molecule has 1 aliphatic rings. The predicted octanol–water partition coefficient (Wildman–Crippen LogP) is 1.45. The minimum Gasteiger partial charge on any atom is -0.393 e. The zero-order valence-electron chi connectivity index (χ0n) is 9.26. The van der Waals surface area contributed by atoms with E-state index >= 15 is 0 Å². The summed E-state index contributed by atoms with van der Waals surface area (Å²) in [5, 5.41) is 9.25. The molecule has 1 fully saturated rings. The van der Waals surface area contributed by atoms with Crippen LogP contribution in [0, 0.1) is 11.8 Å². The Hall–Kier alpha value is -0.130. The lowest BCUT2D eigenvalue weighted by Gasteiger charge is -2.37. The third-order valence-corrected chi connectivity index (χ3v) is 4.79. The SMILES string of the molecule is CCC1CC(S(=O)(=O)O)CC(CC)C1O. The minimum atomic E-state index is -3.95. The Kier molecular flexibility index (Phi) is 4.14. The molecule has 0 heterocycles. The zero-order chi connectivity index (χ0) is 11.6. The summed E-state index contributed by atoms with van der Waals surface area (Å²) < 4.78 is 31.2. The van der Waals surface area contributed by atoms with Crippen LogP contribution in [0.4, 0.5) is 0 Å². The van der Waals surface area contributed by atoms with Crippen LogP contribution in [0.5, 0.6) is 0 Å². The summed E-state index contributed by atoms with van der Waals surface area (Å²) in [6.07, 6.45) is 1.85. The van der Waals surface area contributed by atoms with Crippen molar-refractivity contribution in [3.8, 4) is 0 Å². The van der Waals surface area contributed by atoms with E-state index in [0.29, 0.717) is 12.8 Å². The molecule has 0 spiro atoms. The fourth-order valence-electron chi connectivity index (χ4n) is 2.49. The first-order chi connectivity index (χ1) is 6.90. The molecule has 2 unspecified atom stereocenters. The topological polar surface area (TPSA) is 74.6 Å². The smallest absolute Gasteiger partial charge is 0.267 e. The van der Waals surface area contributed by atoms with Crippen LogP contribution in [0.15, 0.2) is 0 Å². The Bertz CT molecular complexity index is 285. The summed E-state index contributed by atoms with van der Waals surface area (Å²) in [5.74, 6) is -0.00810. The fraction of sp³-hybridized carbons (Fsp3) is 1.00.